The van der Waals surface area contributed by atoms with Crippen molar-refractivity contribution in [2.24, 2.45) is 0 Å². The van der Waals surface area contributed by atoms with E-state index in [4.69, 9.17) is 0 Å². The number of carbonyl (C=O) groups excluding carboxylic acids is 1. The van der Waals surface area contributed by atoms with Gasteiger partial charge in [0.25, 0.3) is 0 Å². The molecule has 0 fully saturated rings. The van der Waals surface area contributed by atoms with E-state index in [0.29, 0.717) is 11.4 Å². The zero-order valence-corrected chi connectivity index (χ0v) is 13.2. The molecule has 0 saturated carbocycles. The van der Waals surface area contributed by atoms with Gasteiger partial charge in [-0.05, 0) is 35.7 Å². The third kappa shape index (κ3) is 2.38. The van der Waals surface area contributed by atoms with Crippen LogP contribution in [0.5, 0.6) is 0 Å². The highest BCUT2D eigenvalue weighted by Crippen LogP contribution is 2.30. The smallest absolute Gasteiger partial charge is 0.182 e. The first-order valence-corrected chi connectivity index (χ1v) is 7.73. The minimum absolute atomic E-state index is 0.578. The normalized spacial score (nSPS) is 10.9. The van der Waals surface area contributed by atoms with E-state index in [-0.39, 0.29) is 0 Å². The van der Waals surface area contributed by atoms with Crippen molar-refractivity contribution in [2.75, 3.05) is 0 Å². The molecule has 0 N–H and O–H groups in total. The maximum atomic E-state index is 10.9. The van der Waals surface area contributed by atoms with E-state index in [1.165, 1.54) is 11.1 Å². The maximum Gasteiger partial charge on any atom is 0.182 e. The molecule has 4 rings (SSSR count). The van der Waals surface area contributed by atoms with E-state index in [1.54, 1.807) is 22.8 Å². The molecule has 0 radical (unpaired) electrons. The van der Waals surface area contributed by atoms with E-state index in [2.05, 4.69) is 35.2 Å². The Hall–Kier alpha value is -3.27. The number of hydrogen-bond donors (Lipinski definition) is 0. The standard InChI is InChI=1S/C20H15N3O/c1-14-17(16-6-3-2-4-7-16)8-5-9-18(14)20-21-19-11-10-15(13-24)12-23(19)22-20/h2-13H,1H3. The third-order valence-electron chi connectivity index (χ3n) is 4.15. The zero-order chi connectivity index (χ0) is 16.5. The van der Waals surface area contributed by atoms with Crippen molar-refractivity contribution in [3.8, 4) is 22.5 Å². The molecule has 0 amide bonds. The summed E-state index contributed by atoms with van der Waals surface area (Å²) in [6, 6.07) is 20.0. The molecule has 0 unspecified atom stereocenters. The second kappa shape index (κ2) is 5.74. The molecule has 0 atom stereocenters. The van der Waals surface area contributed by atoms with Crippen LogP contribution in [0, 0.1) is 6.92 Å². The quantitative estimate of drug-likeness (QED) is 0.533. The summed E-state index contributed by atoms with van der Waals surface area (Å²) in [4.78, 5) is 15.5. The maximum absolute atomic E-state index is 10.9. The highest BCUT2D eigenvalue weighted by atomic mass is 16.1. The number of pyridine rings is 1. The first-order valence-electron chi connectivity index (χ1n) is 7.73. The second-order valence-electron chi connectivity index (χ2n) is 5.66. The van der Waals surface area contributed by atoms with Gasteiger partial charge in [-0.3, -0.25) is 4.79 Å². The predicted octanol–water partition coefficient (Wildman–Crippen LogP) is 4.18. The molecule has 0 saturated heterocycles. The van der Waals surface area contributed by atoms with Gasteiger partial charge in [-0.25, -0.2) is 9.50 Å². The fraction of sp³-hybridized carbons (Fsp3) is 0.0500. The molecule has 0 aliphatic heterocycles. The number of aldehydes is 1. The van der Waals surface area contributed by atoms with Crippen LogP contribution >= 0.6 is 0 Å². The Morgan fingerprint density at radius 3 is 2.50 bits per heavy atom. The summed E-state index contributed by atoms with van der Waals surface area (Å²) >= 11 is 0. The van der Waals surface area contributed by atoms with Gasteiger partial charge >= 0.3 is 0 Å². The average Bonchev–Trinajstić information content (AvgIpc) is 3.05. The first-order chi connectivity index (χ1) is 11.8. The molecule has 24 heavy (non-hydrogen) atoms. The summed E-state index contributed by atoms with van der Waals surface area (Å²) in [5, 5.41) is 4.53. The molecule has 0 aliphatic carbocycles. The van der Waals surface area contributed by atoms with Crippen LogP contribution in [-0.2, 0) is 0 Å². The summed E-state index contributed by atoms with van der Waals surface area (Å²) in [6.45, 7) is 2.08. The van der Waals surface area contributed by atoms with Crippen molar-refractivity contribution >= 4 is 11.9 Å². The summed E-state index contributed by atoms with van der Waals surface area (Å²) in [6.07, 6.45) is 2.50. The Morgan fingerprint density at radius 2 is 1.71 bits per heavy atom. The van der Waals surface area contributed by atoms with E-state index in [0.717, 1.165) is 23.1 Å². The first kappa shape index (κ1) is 14.3. The molecule has 2 heterocycles. The highest BCUT2D eigenvalue weighted by molar-refractivity contribution is 5.77. The average molecular weight is 313 g/mol. The number of nitrogens with zero attached hydrogens (tertiary/aromatic N) is 3. The van der Waals surface area contributed by atoms with Crippen LogP contribution in [-0.4, -0.2) is 20.9 Å². The summed E-state index contributed by atoms with van der Waals surface area (Å²) < 4.78 is 1.65. The van der Waals surface area contributed by atoms with E-state index in [1.807, 2.05) is 30.3 Å². The number of benzene rings is 2. The molecule has 4 nitrogen and oxygen atoms in total. The lowest BCUT2D eigenvalue weighted by Gasteiger charge is -2.09. The van der Waals surface area contributed by atoms with Gasteiger partial charge in [-0.2, -0.15) is 0 Å². The van der Waals surface area contributed by atoms with Crippen molar-refractivity contribution in [1.82, 2.24) is 14.6 Å². The number of fused-ring (bicyclic) bond motifs is 1. The van der Waals surface area contributed by atoms with Gasteiger partial charge in [0.2, 0.25) is 0 Å². The van der Waals surface area contributed by atoms with Crippen molar-refractivity contribution in [1.29, 1.82) is 0 Å². The van der Waals surface area contributed by atoms with Crippen LogP contribution in [0.25, 0.3) is 28.2 Å². The molecular weight excluding hydrogens is 298 g/mol. The monoisotopic (exact) mass is 313 g/mol. The van der Waals surface area contributed by atoms with Crippen LogP contribution in [0.1, 0.15) is 15.9 Å². The Labute approximate surface area is 139 Å². The van der Waals surface area contributed by atoms with Crippen LogP contribution in [0.2, 0.25) is 0 Å². The Morgan fingerprint density at radius 1 is 0.917 bits per heavy atom. The van der Waals surface area contributed by atoms with E-state index >= 15 is 0 Å². The van der Waals surface area contributed by atoms with Crippen LogP contribution in [0.4, 0.5) is 0 Å². The molecule has 0 aliphatic rings. The number of rotatable bonds is 3. The van der Waals surface area contributed by atoms with Gasteiger partial charge in [0.1, 0.15) is 0 Å². The van der Waals surface area contributed by atoms with Gasteiger partial charge in [0.05, 0.1) is 0 Å². The lowest BCUT2D eigenvalue weighted by molar-refractivity contribution is 0.112. The summed E-state index contributed by atoms with van der Waals surface area (Å²) in [5.41, 5.74) is 5.76. The van der Waals surface area contributed by atoms with E-state index in [9.17, 15) is 4.79 Å². The summed E-state index contributed by atoms with van der Waals surface area (Å²) in [5.74, 6) is 0.660. The lowest BCUT2D eigenvalue weighted by Crippen LogP contribution is -1.92. The number of aromatic nitrogens is 3. The molecule has 0 spiro atoms. The van der Waals surface area contributed by atoms with Gasteiger partial charge in [0, 0.05) is 17.3 Å². The fourth-order valence-electron chi connectivity index (χ4n) is 2.89. The SMILES string of the molecule is Cc1c(-c2ccccc2)cccc1-c1nc2ccc(C=O)cn2n1. The summed E-state index contributed by atoms with van der Waals surface area (Å²) in [7, 11) is 0. The molecular formula is C20H15N3O. The fourth-order valence-corrected chi connectivity index (χ4v) is 2.89. The van der Waals surface area contributed by atoms with Gasteiger partial charge in [-0.15, -0.1) is 5.10 Å². The molecule has 0 bridgehead atoms. The second-order valence-corrected chi connectivity index (χ2v) is 5.66. The Bertz CT molecular complexity index is 1040. The minimum Gasteiger partial charge on any atom is -0.298 e. The molecule has 4 aromatic rings. The largest absolute Gasteiger partial charge is 0.298 e. The zero-order valence-electron chi connectivity index (χ0n) is 13.2. The number of hydrogen-bond acceptors (Lipinski definition) is 3. The van der Waals surface area contributed by atoms with Crippen molar-refractivity contribution in [3.63, 3.8) is 0 Å². The van der Waals surface area contributed by atoms with Crippen LogP contribution < -0.4 is 0 Å². The highest BCUT2D eigenvalue weighted by Gasteiger charge is 2.12. The topological polar surface area (TPSA) is 47.3 Å². The van der Waals surface area contributed by atoms with Crippen molar-refractivity contribution in [2.45, 2.75) is 6.92 Å². The van der Waals surface area contributed by atoms with Gasteiger partial charge < -0.3 is 0 Å². The lowest BCUT2D eigenvalue weighted by atomic mass is 9.96. The van der Waals surface area contributed by atoms with E-state index < -0.39 is 0 Å². The van der Waals surface area contributed by atoms with Crippen molar-refractivity contribution < 1.29 is 4.79 Å². The predicted molar refractivity (Wildman–Crippen MR) is 94.0 cm³/mol. The number of carbonyl (C=O) groups is 1. The van der Waals surface area contributed by atoms with Gasteiger partial charge in [-0.1, -0.05) is 48.5 Å². The molecule has 2 aromatic carbocycles. The molecule has 4 heteroatoms. The Kier molecular flexibility index (Phi) is 3.43. The minimum atomic E-state index is 0.578. The van der Waals surface area contributed by atoms with Crippen LogP contribution in [0.3, 0.4) is 0 Å². The van der Waals surface area contributed by atoms with Crippen molar-refractivity contribution in [3.05, 3.63) is 78.0 Å². The third-order valence-corrected chi connectivity index (χ3v) is 4.15. The Balaban J connectivity index is 1.86. The van der Waals surface area contributed by atoms with Gasteiger partial charge in [0.15, 0.2) is 17.8 Å². The molecule has 116 valence electrons. The molecule has 2 aromatic heterocycles. The van der Waals surface area contributed by atoms with Crippen LogP contribution in [0.15, 0.2) is 66.9 Å².